The van der Waals surface area contributed by atoms with Gasteiger partial charge in [0, 0.05) is 25.3 Å². The Kier molecular flexibility index (Phi) is 8.57. The molecule has 1 saturated heterocycles. The Morgan fingerprint density at radius 2 is 1.85 bits per heavy atom. The van der Waals surface area contributed by atoms with Gasteiger partial charge in [0.15, 0.2) is 5.96 Å². The van der Waals surface area contributed by atoms with Crippen LogP contribution >= 0.6 is 24.0 Å². The Bertz CT molecular complexity index is 391. The van der Waals surface area contributed by atoms with E-state index in [1.807, 2.05) is 30.3 Å². The minimum Gasteiger partial charge on any atom is -0.343 e. The standard InChI is InChI=1S/C15H22FN3.HI/c16-10-7-11-17-15(19-12-5-2-6-13-19)18-14-8-3-1-4-9-14;/h1,3-4,8-9H,2,5-7,10-13H2,(H,17,18);1H. The fourth-order valence-corrected chi connectivity index (χ4v) is 2.22. The number of likely N-dealkylation sites (tertiary alicyclic amines) is 1. The zero-order valence-corrected chi connectivity index (χ0v) is 14.1. The second-order valence-corrected chi connectivity index (χ2v) is 4.79. The number of nitrogens with zero attached hydrogens (tertiary/aromatic N) is 2. The molecule has 1 aliphatic rings. The van der Waals surface area contributed by atoms with Gasteiger partial charge >= 0.3 is 0 Å². The first-order valence-electron chi connectivity index (χ1n) is 7.07. The molecule has 0 unspecified atom stereocenters. The maximum atomic E-state index is 12.2. The number of anilines is 1. The number of guanidine groups is 1. The van der Waals surface area contributed by atoms with Gasteiger partial charge in [0.25, 0.3) is 0 Å². The van der Waals surface area contributed by atoms with Gasteiger partial charge in [0.05, 0.1) is 6.67 Å². The van der Waals surface area contributed by atoms with E-state index in [0.717, 1.165) is 24.7 Å². The highest BCUT2D eigenvalue weighted by atomic mass is 127. The summed E-state index contributed by atoms with van der Waals surface area (Å²) < 4.78 is 12.2. The van der Waals surface area contributed by atoms with Crippen LogP contribution in [0.5, 0.6) is 0 Å². The third kappa shape index (κ3) is 5.64. The topological polar surface area (TPSA) is 27.6 Å². The summed E-state index contributed by atoms with van der Waals surface area (Å²) in [6.07, 6.45) is 4.20. The number of para-hydroxylation sites is 1. The second-order valence-electron chi connectivity index (χ2n) is 4.79. The van der Waals surface area contributed by atoms with Crippen molar-refractivity contribution in [2.75, 3.05) is 31.6 Å². The van der Waals surface area contributed by atoms with E-state index >= 15 is 0 Å². The van der Waals surface area contributed by atoms with E-state index in [2.05, 4.69) is 15.2 Å². The van der Waals surface area contributed by atoms with Gasteiger partial charge in [-0.2, -0.15) is 0 Å². The van der Waals surface area contributed by atoms with E-state index in [1.54, 1.807) is 0 Å². The van der Waals surface area contributed by atoms with Crippen LogP contribution in [-0.2, 0) is 0 Å². The van der Waals surface area contributed by atoms with Gasteiger partial charge in [-0.25, -0.2) is 0 Å². The molecule has 5 heteroatoms. The summed E-state index contributed by atoms with van der Waals surface area (Å²) in [5, 5.41) is 3.36. The molecular formula is C15H23FIN3. The molecule has 20 heavy (non-hydrogen) atoms. The van der Waals surface area contributed by atoms with Crippen molar-refractivity contribution < 1.29 is 4.39 Å². The number of nitrogens with one attached hydrogen (secondary N) is 1. The number of rotatable bonds is 4. The molecule has 0 saturated carbocycles. The molecule has 0 radical (unpaired) electrons. The van der Waals surface area contributed by atoms with Crippen LogP contribution in [0.3, 0.4) is 0 Å². The van der Waals surface area contributed by atoms with Gasteiger partial charge in [-0.1, -0.05) is 18.2 Å². The molecule has 2 rings (SSSR count). The van der Waals surface area contributed by atoms with E-state index in [4.69, 9.17) is 0 Å². The fraction of sp³-hybridized carbons (Fsp3) is 0.533. The molecule has 112 valence electrons. The van der Waals surface area contributed by atoms with Gasteiger partial charge < -0.3 is 10.2 Å². The summed E-state index contributed by atoms with van der Waals surface area (Å²) in [5.74, 6) is 0.888. The molecule has 1 heterocycles. The predicted molar refractivity (Wildman–Crippen MR) is 93.8 cm³/mol. The Morgan fingerprint density at radius 3 is 2.50 bits per heavy atom. The number of aliphatic imine (C=N–C) groups is 1. The van der Waals surface area contributed by atoms with Crippen LogP contribution in [0.4, 0.5) is 10.1 Å². The molecule has 0 spiro atoms. The molecule has 1 aliphatic heterocycles. The second kappa shape index (κ2) is 9.96. The Hall–Kier alpha value is -0.850. The van der Waals surface area contributed by atoms with Crippen molar-refractivity contribution in [3.63, 3.8) is 0 Å². The minimum absolute atomic E-state index is 0. The normalized spacial score (nSPS) is 15.7. The van der Waals surface area contributed by atoms with E-state index in [9.17, 15) is 4.39 Å². The molecule has 0 bridgehead atoms. The predicted octanol–water partition coefficient (Wildman–Crippen LogP) is 3.92. The van der Waals surface area contributed by atoms with Gasteiger partial charge in [0.2, 0.25) is 0 Å². The number of piperidine rings is 1. The van der Waals surface area contributed by atoms with E-state index in [-0.39, 0.29) is 30.7 Å². The lowest BCUT2D eigenvalue weighted by Crippen LogP contribution is -2.40. The zero-order chi connectivity index (χ0) is 13.3. The molecule has 1 fully saturated rings. The fourth-order valence-electron chi connectivity index (χ4n) is 2.22. The SMILES string of the molecule is FCCCN=C(Nc1ccccc1)N1CCCCC1.I. The maximum Gasteiger partial charge on any atom is 0.198 e. The van der Waals surface area contributed by atoms with Crippen LogP contribution in [0, 0.1) is 0 Å². The number of hydrogen-bond donors (Lipinski definition) is 1. The number of hydrogen-bond acceptors (Lipinski definition) is 1. The Morgan fingerprint density at radius 1 is 1.15 bits per heavy atom. The van der Waals surface area contributed by atoms with Crippen LogP contribution in [0.1, 0.15) is 25.7 Å². The molecular weight excluding hydrogens is 368 g/mol. The Balaban J connectivity index is 0.00000200. The summed E-state index contributed by atoms with van der Waals surface area (Å²) in [4.78, 5) is 6.80. The highest BCUT2D eigenvalue weighted by Gasteiger charge is 2.14. The van der Waals surface area contributed by atoms with Crippen molar-refractivity contribution in [3.8, 4) is 0 Å². The molecule has 0 atom stereocenters. The highest BCUT2D eigenvalue weighted by molar-refractivity contribution is 14.0. The molecule has 0 aliphatic carbocycles. The Labute approximate surface area is 137 Å². The first-order chi connectivity index (χ1) is 9.40. The quantitative estimate of drug-likeness (QED) is 0.365. The summed E-state index contributed by atoms with van der Waals surface area (Å²) >= 11 is 0. The highest BCUT2D eigenvalue weighted by Crippen LogP contribution is 2.12. The number of benzene rings is 1. The third-order valence-electron chi connectivity index (χ3n) is 3.24. The van der Waals surface area contributed by atoms with E-state index in [1.165, 1.54) is 19.3 Å². The van der Waals surface area contributed by atoms with Crippen LogP contribution in [-0.4, -0.2) is 37.2 Å². The average molecular weight is 391 g/mol. The summed E-state index contributed by atoms with van der Waals surface area (Å²) in [6, 6.07) is 10.0. The monoisotopic (exact) mass is 391 g/mol. The van der Waals surface area contributed by atoms with Gasteiger partial charge in [-0.15, -0.1) is 24.0 Å². The van der Waals surface area contributed by atoms with Gasteiger partial charge in [-0.05, 0) is 37.8 Å². The van der Waals surface area contributed by atoms with Crippen molar-refractivity contribution in [2.45, 2.75) is 25.7 Å². The first-order valence-corrected chi connectivity index (χ1v) is 7.07. The van der Waals surface area contributed by atoms with Crippen molar-refractivity contribution in [2.24, 2.45) is 4.99 Å². The largest absolute Gasteiger partial charge is 0.343 e. The smallest absolute Gasteiger partial charge is 0.198 e. The number of halogens is 2. The number of alkyl halides is 1. The zero-order valence-electron chi connectivity index (χ0n) is 11.7. The van der Waals surface area contributed by atoms with Crippen LogP contribution in [0.25, 0.3) is 0 Å². The van der Waals surface area contributed by atoms with Crippen LogP contribution in [0.2, 0.25) is 0 Å². The molecule has 1 aromatic rings. The summed E-state index contributed by atoms with van der Waals surface area (Å²) in [7, 11) is 0. The van der Waals surface area contributed by atoms with E-state index < -0.39 is 0 Å². The molecule has 1 aromatic carbocycles. The third-order valence-corrected chi connectivity index (χ3v) is 3.24. The lowest BCUT2D eigenvalue weighted by atomic mass is 10.1. The summed E-state index contributed by atoms with van der Waals surface area (Å²) in [6.45, 7) is 2.31. The van der Waals surface area contributed by atoms with Crippen molar-refractivity contribution >= 4 is 35.6 Å². The lowest BCUT2D eigenvalue weighted by Gasteiger charge is -2.30. The van der Waals surface area contributed by atoms with Crippen molar-refractivity contribution in [1.29, 1.82) is 0 Å². The van der Waals surface area contributed by atoms with Gasteiger partial charge in [-0.3, -0.25) is 9.38 Å². The maximum absolute atomic E-state index is 12.2. The molecule has 1 N–H and O–H groups in total. The molecule has 0 aromatic heterocycles. The first kappa shape index (κ1) is 17.2. The lowest BCUT2D eigenvalue weighted by molar-refractivity contribution is 0.340. The van der Waals surface area contributed by atoms with Crippen LogP contribution in [0.15, 0.2) is 35.3 Å². The average Bonchev–Trinajstić information content (AvgIpc) is 2.48. The minimum atomic E-state index is -0.303. The van der Waals surface area contributed by atoms with E-state index in [0.29, 0.717) is 13.0 Å². The summed E-state index contributed by atoms with van der Waals surface area (Å²) in [5.41, 5.74) is 1.03. The molecule has 3 nitrogen and oxygen atoms in total. The van der Waals surface area contributed by atoms with Crippen molar-refractivity contribution in [3.05, 3.63) is 30.3 Å². The van der Waals surface area contributed by atoms with Crippen LogP contribution < -0.4 is 5.32 Å². The van der Waals surface area contributed by atoms with Crippen molar-refractivity contribution in [1.82, 2.24) is 4.90 Å². The van der Waals surface area contributed by atoms with Gasteiger partial charge in [0.1, 0.15) is 0 Å². The molecule has 0 amide bonds.